The van der Waals surface area contributed by atoms with Gasteiger partial charge < -0.3 is 9.84 Å². The van der Waals surface area contributed by atoms with Crippen molar-refractivity contribution in [2.75, 3.05) is 6.61 Å². The van der Waals surface area contributed by atoms with Crippen LogP contribution in [0.1, 0.15) is 15.9 Å². The van der Waals surface area contributed by atoms with E-state index in [0.717, 1.165) is 6.42 Å². The summed E-state index contributed by atoms with van der Waals surface area (Å²) in [6.45, 7) is 0.538. The predicted molar refractivity (Wildman–Crippen MR) is 94.5 cm³/mol. The lowest BCUT2D eigenvalue weighted by atomic mass is 9.98. The van der Waals surface area contributed by atoms with E-state index < -0.39 is 5.97 Å². The summed E-state index contributed by atoms with van der Waals surface area (Å²) >= 11 is 0. The Hall–Kier alpha value is -3.07. The Bertz CT molecular complexity index is 808. The number of rotatable bonds is 6. The summed E-state index contributed by atoms with van der Waals surface area (Å²) in [5, 5.41) is 8.90. The largest absolute Gasteiger partial charge is 0.493 e. The minimum atomic E-state index is -0.932. The summed E-state index contributed by atoms with van der Waals surface area (Å²) < 4.78 is 5.74. The lowest BCUT2D eigenvalue weighted by molar-refractivity contribution is 0.0697. The number of aromatic carboxylic acids is 1. The highest BCUT2D eigenvalue weighted by Crippen LogP contribution is 2.24. The Kier molecular flexibility index (Phi) is 4.92. The first-order valence-corrected chi connectivity index (χ1v) is 7.83. The van der Waals surface area contributed by atoms with E-state index in [9.17, 15) is 4.79 Å². The van der Waals surface area contributed by atoms with Crippen molar-refractivity contribution in [3.05, 3.63) is 90.0 Å². The zero-order chi connectivity index (χ0) is 16.8. The van der Waals surface area contributed by atoms with Gasteiger partial charge in [0.15, 0.2) is 0 Å². The van der Waals surface area contributed by atoms with Crippen LogP contribution in [0.4, 0.5) is 0 Å². The van der Waals surface area contributed by atoms with Crippen molar-refractivity contribution in [3.63, 3.8) is 0 Å². The smallest absolute Gasteiger partial charge is 0.335 e. The summed E-state index contributed by atoms with van der Waals surface area (Å²) in [5.74, 6) is -0.254. The van der Waals surface area contributed by atoms with Gasteiger partial charge in [0.2, 0.25) is 0 Å². The summed E-state index contributed by atoms with van der Waals surface area (Å²) in [5.41, 5.74) is 3.89. The van der Waals surface area contributed by atoms with Gasteiger partial charge in [-0.25, -0.2) is 4.79 Å². The number of ether oxygens (including phenoxy) is 1. The Morgan fingerprint density at radius 2 is 1.50 bits per heavy atom. The first-order valence-electron chi connectivity index (χ1n) is 7.83. The van der Waals surface area contributed by atoms with E-state index in [0.29, 0.717) is 12.4 Å². The van der Waals surface area contributed by atoms with E-state index in [2.05, 4.69) is 24.3 Å². The molecule has 0 aliphatic carbocycles. The van der Waals surface area contributed by atoms with Crippen LogP contribution in [0, 0.1) is 0 Å². The molecule has 3 aromatic carbocycles. The molecule has 0 saturated carbocycles. The molecular weight excluding hydrogens is 300 g/mol. The van der Waals surface area contributed by atoms with Gasteiger partial charge in [-0.2, -0.15) is 0 Å². The maximum Gasteiger partial charge on any atom is 0.335 e. The number of hydrogen-bond acceptors (Lipinski definition) is 2. The van der Waals surface area contributed by atoms with Gasteiger partial charge in [-0.1, -0.05) is 54.6 Å². The van der Waals surface area contributed by atoms with Crippen LogP contribution in [0.5, 0.6) is 5.75 Å². The zero-order valence-electron chi connectivity index (χ0n) is 13.2. The van der Waals surface area contributed by atoms with Gasteiger partial charge in [-0.3, -0.25) is 0 Å². The first kappa shape index (κ1) is 15.8. The second-order valence-electron chi connectivity index (χ2n) is 5.45. The molecule has 3 heteroatoms. The molecule has 0 atom stereocenters. The molecule has 3 nitrogen and oxygen atoms in total. The van der Waals surface area contributed by atoms with E-state index in [-0.39, 0.29) is 5.56 Å². The van der Waals surface area contributed by atoms with Gasteiger partial charge in [-0.15, -0.1) is 0 Å². The summed E-state index contributed by atoms with van der Waals surface area (Å²) in [6.07, 6.45) is 0.783. The van der Waals surface area contributed by atoms with Gasteiger partial charge in [0.25, 0.3) is 0 Å². The van der Waals surface area contributed by atoms with E-state index in [1.165, 1.54) is 16.7 Å². The molecule has 0 radical (unpaired) electrons. The normalized spacial score (nSPS) is 10.3. The van der Waals surface area contributed by atoms with E-state index >= 15 is 0 Å². The molecule has 0 saturated heterocycles. The van der Waals surface area contributed by atoms with Gasteiger partial charge in [0.05, 0.1) is 12.2 Å². The fourth-order valence-corrected chi connectivity index (χ4v) is 2.61. The first-order chi connectivity index (χ1) is 11.7. The lowest BCUT2D eigenvalue weighted by Crippen LogP contribution is -2.03. The standard InChI is InChI=1S/C21H18O3/c22-21(23)18-10-12-19(13-11-18)24-15-14-17-8-4-5-9-20(17)16-6-2-1-3-7-16/h1-13H,14-15H2,(H,22,23). The van der Waals surface area contributed by atoms with Crippen molar-refractivity contribution in [2.45, 2.75) is 6.42 Å². The molecule has 0 unspecified atom stereocenters. The van der Waals surface area contributed by atoms with Crippen LogP contribution in [-0.2, 0) is 6.42 Å². The molecule has 0 fully saturated rings. The SMILES string of the molecule is O=C(O)c1ccc(OCCc2ccccc2-c2ccccc2)cc1. The van der Waals surface area contributed by atoms with Crippen molar-refractivity contribution < 1.29 is 14.6 Å². The summed E-state index contributed by atoms with van der Waals surface area (Å²) in [7, 11) is 0. The third-order valence-corrected chi connectivity index (χ3v) is 3.84. The Labute approximate surface area is 141 Å². The Morgan fingerprint density at radius 1 is 0.833 bits per heavy atom. The van der Waals surface area contributed by atoms with E-state index in [1.54, 1.807) is 24.3 Å². The molecule has 0 bridgehead atoms. The van der Waals surface area contributed by atoms with Crippen LogP contribution in [0.2, 0.25) is 0 Å². The van der Waals surface area contributed by atoms with Crippen LogP contribution in [0.3, 0.4) is 0 Å². The third kappa shape index (κ3) is 3.82. The fourth-order valence-electron chi connectivity index (χ4n) is 2.61. The highest BCUT2D eigenvalue weighted by Gasteiger charge is 2.05. The van der Waals surface area contributed by atoms with Gasteiger partial charge >= 0.3 is 5.97 Å². The number of hydrogen-bond donors (Lipinski definition) is 1. The molecule has 3 rings (SSSR count). The second kappa shape index (κ2) is 7.47. The molecule has 0 amide bonds. The maximum atomic E-state index is 10.8. The Balaban J connectivity index is 1.66. The third-order valence-electron chi connectivity index (χ3n) is 3.84. The van der Waals surface area contributed by atoms with Crippen molar-refractivity contribution in [1.29, 1.82) is 0 Å². The molecular formula is C21H18O3. The van der Waals surface area contributed by atoms with Crippen LogP contribution >= 0.6 is 0 Å². The average molecular weight is 318 g/mol. The monoisotopic (exact) mass is 318 g/mol. The molecule has 3 aromatic rings. The van der Waals surface area contributed by atoms with Crippen LogP contribution in [0.15, 0.2) is 78.9 Å². The zero-order valence-corrected chi connectivity index (χ0v) is 13.2. The average Bonchev–Trinajstić information content (AvgIpc) is 2.63. The second-order valence-corrected chi connectivity index (χ2v) is 5.45. The number of benzene rings is 3. The highest BCUT2D eigenvalue weighted by atomic mass is 16.5. The van der Waals surface area contributed by atoms with Crippen molar-refractivity contribution >= 4 is 5.97 Å². The molecule has 0 aliphatic rings. The number of carboxylic acids is 1. The summed E-state index contributed by atoms with van der Waals surface area (Å²) in [6, 6.07) is 25.1. The van der Waals surface area contributed by atoms with Crippen molar-refractivity contribution in [2.24, 2.45) is 0 Å². The summed E-state index contributed by atoms with van der Waals surface area (Å²) in [4.78, 5) is 10.8. The maximum absolute atomic E-state index is 10.8. The molecule has 0 aromatic heterocycles. The predicted octanol–water partition coefficient (Wildman–Crippen LogP) is 4.67. The Morgan fingerprint density at radius 3 is 2.21 bits per heavy atom. The molecule has 24 heavy (non-hydrogen) atoms. The van der Waals surface area contributed by atoms with Gasteiger partial charge in [0.1, 0.15) is 5.75 Å². The molecule has 1 N–H and O–H groups in total. The molecule has 0 heterocycles. The number of carbonyl (C=O) groups is 1. The lowest BCUT2D eigenvalue weighted by Gasteiger charge is -2.11. The van der Waals surface area contributed by atoms with E-state index in [4.69, 9.17) is 9.84 Å². The van der Waals surface area contributed by atoms with Crippen LogP contribution in [0.25, 0.3) is 11.1 Å². The molecule has 0 aliphatic heterocycles. The molecule has 0 spiro atoms. The quantitative estimate of drug-likeness (QED) is 0.718. The van der Waals surface area contributed by atoms with Gasteiger partial charge in [0, 0.05) is 6.42 Å². The van der Waals surface area contributed by atoms with Crippen molar-refractivity contribution in [3.8, 4) is 16.9 Å². The number of carboxylic acid groups (broad SMARTS) is 1. The highest BCUT2D eigenvalue weighted by molar-refractivity contribution is 5.87. The van der Waals surface area contributed by atoms with Gasteiger partial charge in [-0.05, 0) is 41.0 Å². The fraction of sp³-hybridized carbons (Fsp3) is 0.0952. The van der Waals surface area contributed by atoms with Crippen LogP contribution in [-0.4, -0.2) is 17.7 Å². The topological polar surface area (TPSA) is 46.5 Å². The minimum absolute atomic E-state index is 0.261. The van der Waals surface area contributed by atoms with E-state index in [1.807, 2.05) is 30.3 Å². The molecule has 120 valence electrons. The van der Waals surface area contributed by atoms with Crippen molar-refractivity contribution in [1.82, 2.24) is 0 Å². The minimum Gasteiger partial charge on any atom is -0.493 e. The van der Waals surface area contributed by atoms with Crippen LogP contribution < -0.4 is 4.74 Å².